The van der Waals surface area contributed by atoms with Crippen LogP contribution in [0.4, 0.5) is 8.78 Å². The van der Waals surface area contributed by atoms with Crippen molar-refractivity contribution in [2.24, 2.45) is 0 Å². The number of hydrogen-bond acceptors (Lipinski definition) is 1. The monoisotopic (exact) mass is 186 g/mol. The number of benzene rings is 1. The van der Waals surface area contributed by atoms with Crippen molar-refractivity contribution >= 4 is 0 Å². The molecule has 0 bridgehead atoms. The Kier molecular flexibility index (Phi) is 2.86. The van der Waals surface area contributed by atoms with E-state index in [2.05, 4.69) is 0 Å². The summed E-state index contributed by atoms with van der Waals surface area (Å²) >= 11 is 0. The highest BCUT2D eigenvalue weighted by Crippen LogP contribution is 2.25. The van der Waals surface area contributed by atoms with Gasteiger partial charge in [-0.05, 0) is 32.4 Å². The predicted molar refractivity (Wildman–Crippen MR) is 46.9 cm³/mol. The zero-order chi connectivity index (χ0) is 10.0. The fraction of sp³-hybridized carbons (Fsp3) is 0.400. The molecule has 0 saturated heterocycles. The van der Waals surface area contributed by atoms with Gasteiger partial charge in [0.15, 0.2) is 11.6 Å². The molecule has 72 valence electrons. The van der Waals surface area contributed by atoms with Crippen molar-refractivity contribution in [3.63, 3.8) is 0 Å². The highest BCUT2D eigenvalue weighted by Gasteiger charge is 2.13. The van der Waals surface area contributed by atoms with Crippen molar-refractivity contribution in [1.29, 1.82) is 0 Å². The Labute approximate surface area is 76.3 Å². The largest absolute Gasteiger partial charge is 0.488 e. The lowest BCUT2D eigenvalue weighted by Gasteiger charge is -2.13. The first-order chi connectivity index (χ1) is 6.02. The maximum absolute atomic E-state index is 13.1. The average Bonchev–Trinajstić information content (AvgIpc) is 2.05. The minimum Gasteiger partial charge on any atom is -0.488 e. The summed E-state index contributed by atoms with van der Waals surface area (Å²) in [7, 11) is 0. The van der Waals surface area contributed by atoms with Crippen LogP contribution >= 0.6 is 0 Å². The van der Waals surface area contributed by atoms with Gasteiger partial charge in [0.1, 0.15) is 0 Å². The second kappa shape index (κ2) is 3.73. The second-order valence-corrected chi connectivity index (χ2v) is 3.17. The Morgan fingerprint density at radius 1 is 1.23 bits per heavy atom. The zero-order valence-electron chi connectivity index (χ0n) is 7.90. The molecule has 0 atom stereocenters. The van der Waals surface area contributed by atoms with Crippen LogP contribution in [-0.2, 0) is 0 Å². The summed E-state index contributed by atoms with van der Waals surface area (Å²) in [5.74, 6) is -1.77. The van der Waals surface area contributed by atoms with Crippen molar-refractivity contribution in [1.82, 2.24) is 0 Å². The number of aryl methyl sites for hydroxylation is 1. The summed E-state index contributed by atoms with van der Waals surface area (Å²) in [6, 6.07) is 2.59. The molecule has 3 heteroatoms. The van der Waals surface area contributed by atoms with Crippen LogP contribution in [0.2, 0.25) is 0 Å². The van der Waals surface area contributed by atoms with Crippen LogP contribution in [0, 0.1) is 18.6 Å². The molecule has 0 spiro atoms. The van der Waals surface area contributed by atoms with Crippen LogP contribution in [0.15, 0.2) is 12.1 Å². The lowest BCUT2D eigenvalue weighted by molar-refractivity contribution is 0.226. The Balaban J connectivity index is 3.10. The third-order valence-electron chi connectivity index (χ3n) is 1.60. The van der Waals surface area contributed by atoms with Gasteiger partial charge in [0.25, 0.3) is 0 Å². The maximum Gasteiger partial charge on any atom is 0.200 e. The van der Waals surface area contributed by atoms with Gasteiger partial charge in [-0.25, -0.2) is 4.39 Å². The fourth-order valence-corrected chi connectivity index (χ4v) is 1.01. The molecule has 0 aliphatic carbocycles. The minimum atomic E-state index is -0.909. The first-order valence-corrected chi connectivity index (χ1v) is 4.13. The van der Waals surface area contributed by atoms with Crippen LogP contribution in [0.25, 0.3) is 0 Å². The average molecular weight is 186 g/mol. The first kappa shape index (κ1) is 9.96. The summed E-state index contributed by atoms with van der Waals surface area (Å²) in [5.41, 5.74) is 0.604. The normalized spacial score (nSPS) is 10.6. The molecular formula is C10H12F2O. The van der Waals surface area contributed by atoms with Crippen molar-refractivity contribution in [3.05, 3.63) is 29.3 Å². The van der Waals surface area contributed by atoms with Crippen molar-refractivity contribution < 1.29 is 13.5 Å². The molecule has 0 unspecified atom stereocenters. The molecule has 0 fully saturated rings. The summed E-state index contributed by atoms with van der Waals surface area (Å²) in [6.45, 7) is 5.22. The van der Waals surface area contributed by atoms with Crippen LogP contribution in [-0.4, -0.2) is 6.10 Å². The molecule has 1 nitrogen and oxygen atoms in total. The molecule has 1 aromatic carbocycles. The fourth-order valence-electron chi connectivity index (χ4n) is 1.01. The number of rotatable bonds is 2. The summed E-state index contributed by atoms with van der Waals surface area (Å²) in [6.07, 6.45) is -0.157. The van der Waals surface area contributed by atoms with E-state index in [1.165, 1.54) is 6.07 Å². The van der Waals surface area contributed by atoms with Gasteiger partial charge in [-0.15, -0.1) is 0 Å². The first-order valence-electron chi connectivity index (χ1n) is 4.13. The van der Waals surface area contributed by atoms with E-state index in [1.54, 1.807) is 20.8 Å². The summed E-state index contributed by atoms with van der Waals surface area (Å²) in [4.78, 5) is 0. The van der Waals surface area contributed by atoms with Gasteiger partial charge < -0.3 is 4.74 Å². The Morgan fingerprint density at radius 2 is 1.85 bits per heavy atom. The molecule has 0 saturated carbocycles. The quantitative estimate of drug-likeness (QED) is 0.689. The van der Waals surface area contributed by atoms with Gasteiger partial charge in [-0.1, -0.05) is 6.07 Å². The van der Waals surface area contributed by atoms with Gasteiger partial charge in [0, 0.05) is 0 Å². The molecule has 0 aromatic heterocycles. The van der Waals surface area contributed by atoms with Crippen molar-refractivity contribution in [2.75, 3.05) is 0 Å². The predicted octanol–water partition coefficient (Wildman–Crippen LogP) is 3.06. The van der Waals surface area contributed by atoms with Crippen LogP contribution in [0.5, 0.6) is 5.75 Å². The molecule has 0 radical (unpaired) electrons. The zero-order valence-corrected chi connectivity index (χ0v) is 7.90. The summed E-state index contributed by atoms with van der Waals surface area (Å²) < 4.78 is 31.0. The summed E-state index contributed by atoms with van der Waals surface area (Å²) in [5, 5.41) is 0. The standard InChI is InChI=1S/C10H12F2O/c1-6(2)13-10-7(3)4-5-8(11)9(10)12/h4-6H,1-3H3. The van der Waals surface area contributed by atoms with Crippen LogP contribution in [0.3, 0.4) is 0 Å². The lowest BCUT2D eigenvalue weighted by Crippen LogP contribution is -2.09. The number of hydrogen-bond donors (Lipinski definition) is 0. The van der Waals surface area contributed by atoms with E-state index in [0.29, 0.717) is 5.56 Å². The number of ether oxygens (including phenoxy) is 1. The van der Waals surface area contributed by atoms with Gasteiger partial charge >= 0.3 is 0 Å². The molecule has 0 heterocycles. The van der Waals surface area contributed by atoms with Gasteiger partial charge in [-0.2, -0.15) is 4.39 Å². The molecule has 1 aromatic rings. The molecule has 13 heavy (non-hydrogen) atoms. The van der Waals surface area contributed by atoms with E-state index in [9.17, 15) is 8.78 Å². The second-order valence-electron chi connectivity index (χ2n) is 3.17. The van der Waals surface area contributed by atoms with E-state index in [1.807, 2.05) is 0 Å². The van der Waals surface area contributed by atoms with Crippen LogP contribution in [0.1, 0.15) is 19.4 Å². The highest BCUT2D eigenvalue weighted by molar-refractivity contribution is 5.34. The van der Waals surface area contributed by atoms with E-state index in [0.717, 1.165) is 6.07 Å². The van der Waals surface area contributed by atoms with E-state index in [4.69, 9.17) is 4.74 Å². The SMILES string of the molecule is Cc1ccc(F)c(F)c1OC(C)C. The third kappa shape index (κ3) is 2.17. The van der Waals surface area contributed by atoms with Gasteiger partial charge in [0.05, 0.1) is 6.10 Å². The molecular weight excluding hydrogens is 174 g/mol. The van der Waals surface area contributed by atoms with Gasteiger partial charge in [0.2, 0.25) is 5.82 Å². The van der Waals surface area contributed by atoms with Crippen LogP contribution < -0.4 is 4.74 Å². The Morgan fingerprint density at radius 3 is 2.38 bits per heavy atom. The Hall–Kier alpha value is -1.12. The van der Waals surface area contributed by atoms with Gasteiger partial charge in [-0.3, -0.25) is 0 Å². The molecule has 1 rings (SSSR count). The number of halogens is 2. The molecule has 0 aliphatic rings. The smallest absolute Gasteiger partial charge is 0.200 e. The third-order valence-corrected chi connectivity index (χ3v) is 1.60. The Bertz CT molecular complexity index is 308. The van der Waals surface area contributed by atoms with E-state index >= 15 is 0 Å². The van der Waals surface area contributed by atoms with Crippen molar-refractivity contribution in [2.45, 2.75) is 26.9 Å². The molecule has 0 N–H and O–H groups in total. The highest BCUT2D eigenvalue weighted by atomic mass is 19.2. The lowest BCUT2D eigenvalue weighted by atomic mass is 10.2. The molecule has 0 amide bonds. The maximum atomic E-state index is 13.1. The van der Waals surface area contributed by atoms with Crippen molar-refractivity contribution in [3.8, 4) is 5.75 Å². The van der Waals surface area contributed by atoms with E-state index < -0.39 is 11.6 Å². The minimum absolute atomic E-state index is 0.00926. The topological polar surface area (TPSA) is 9.23 Å². The van der Waals surface area contributed by atoms with E-state index in [-0.39, 0.29) is 11.9 Å². The molecule has 0 aliphatic heterocycles.